The molecule has 0 aromatic rings. The lowest BCUT2D eigenvalue weighted by Gasteiger charge is -2.28. The van der Waals surface area contributed by atoms with Gasteiger partial charge < -0.3 is 9.84 Å². The Morgan fingerprint density at radius 1 is 1.44 bits per heavy atom. The van der Waals surface area contributed by atoms with Crippen molar-refractivity contribution in [2.45, 2.75) is 55.7 Å². The fourth-order valence-electron chi connectivity index (χ4n) is 2.00. The molecule has 0 aromatic carbocycles. The van der Waals surface area contributed by atoms with Crippen LogP contribution in [0.15, 0.2) is 24.3 Å². The maximum atomic E-state index is 10.1. The van der Waals surface area contributed by atoms with Gasteiger partial charge in [-0.2, -0.15) is 0 Å². The predicted molar refractivity (Wildman–Crippen MR) is 78.6 cm³/mol. The SMILES string of the molecule is C#C/C=C\C[C@@H]1O[C@@H](CC)[C@@H](Br)C/C=C\C[C@H]1O. The molecule has 1 heterocycles. The molecular weight excluding hydrogens is 292 g/mol. The zero-order chi connectivity index (χ0) is 13.4. The van der Waals surface area contributed by atoms with Gasteiger partial charge in [-0.3, -0.25) is 0 Å². The molecular formula is C15H21BrO2. The normalized spacial score (nSPS) is 35.4. The Labute approximate surface area is 118 Å². The van der Waals surface area contributed by atoms with Gasteiger partial charge in [-0.15, -0.1) is 6.42 Å². The van der Waals surface area contributed by atoms with Gasteiger partial charge in [-0.05, 0) is 31.8 Å². The minimum atomic E-state index is -0.476. The highest BCUT2D eigenvalue weighted by molar-refractivity contribution is 9.09. The number of alkyl halides is 1. The van der Waals surface area contributed by atoms with Gasteiger partial charge >= 0.3 is 0 Å². The smallest absolute Gasteiger partial charge is 0.0875 e. The quantitative estimate of drug-likeness (QED) is 0.492. The van der Waals surface area contributed by atoms with E-state index in [1.807, 2.05) is 12.2 Å². The van der Waals surface area contributed by atoms with Crippen LogP contribution in [0.4, 0.5) is 0 Å². The van der Waals surface area contributed by atoms with Gasteiger partial charge in [0.05, 0.1) is 18.3 Å². The van der Waals surface area contributed by atoms with Crippen molar-refractivity contribution in [3.8, 4) is 12.3 Å². The number of halogens is 1. The summed E-state index contributed by atoms with van der Waals surface area (Å²) in [5.74, 6) is 2.46. The highest BCUT2D eigenvalue weighted by atomic mass is 79.9. The Kier molecular flexibility index (Phi) is 7.34. The van der Waals surface area contributed by atoms with Crippen LogP contribution >= 0.6 is 15.9 Å². The monoisotopic (exact) mass is 312 g/mol. The summed E-state index contributed by atoms with van der Waals surface area (Å²) >= 11 is 3.66. The lowest BCUT2D eigenvalue weighted by atomic mass is 10.1. The maximum Gasteiger partial charge on any atom is 0.0875 e. The van der Waals surface area contributed by atoms with E-state index in [1.54, 1.807) is 6.08 Å². The van der Waals surface area contributed by atoms with E-state index in [9.17, 15) is 5.11 Å². The molecule has 0 aromatic heterocycles. The molecule has 1 N–H and O–H groups in total. The van der Waals surface area contributed by atoms with Gasteiger partial charge in [0.2, 0.25) is 0 Å². The second-order valence-corrected chi connectivity index (χ2v) is 5.63. The van der Waals surface area contributed by atoms with Crippen molar-refractivity contribution in [1.82, 2.24) is 0 Å². The maximum absolute atomic E-state index is 10.1. The minimum Gasteiger partial charge on any atom is -0.390 e. The number of allylic oxidation sites excluding steroid dienone is 2. The molecule has 0 spiro atoms. The van der Waals surface area contributed by atoms with Crippen molar-refractivity contribution < 1.29 is 9.84 Å². The van der Waals surface area contributed by atoms with Crippen LogP contribution in [0.2, 0.25) is 0 Å². The Balaban J connectivity index is 2.73. The fourth-order valence-corrected chi connectivity index (χ4v) is 2.71. The van der Waals surface area contributed by atoms with E-state index in [-0.39, 0.29) is 12.2 Å². The van der Waals surface area contributed by atoms with Gasteiger partial charge in [-0.1, -0.05) is 47.0 Å². The largest absolute Gasteiger partial charge is 0.390 e. The van der Waals surface area contributed by atoms with Crippen molar-refractivity contribution in [1.29, 1.82) is 0 Å². The third kappa shape index (κ3) is 4.97. The number of hydrogen-bond acceptors (Lipinski definition) is 2. The van der Waals surface area contributed by atoms with E-state index < -0.39 is 6.10 Å². The van der Waals surface area contributed by atoms with Crippen LogP contribution in [0.1, 0.15) is 32.6 Å². The van der Waals surface area contributed by atoms with E-state index in [4.69, 9.17) is 11.2 Å². The van der Waals surface area contributed by atoms with E-state index in [2.05, 4.69) is 34.9 Å². The molecule has 0 saturated heterocycles. The van der Waals surface area contributed by atoms with Crippen LogP contribution in [0, 0.1) is 12.3 Å². The zero-order valence-corrected chi connectivity index (χ0v) is 12.3. The highest BCUT2D eigenvalue weighted by Crippen LogP contribution is 2.24. The first kappa shape index (κ1) is 15.5. The molecule has 0 unspecified atom stereocenters. The first-order valence-corrected chi connectivity index (χ1v) is 7.34. The zero-order valence-electron chi connectivity index (χ0n) is 10.8. The molecule has 1 rings (SSSR count). The Hall–Kier alpha value is -0.560. The Morgan fingerprint density at radius 2 is 2.17 bits per heavy atom. The first-order valence-electron chi connectivity index (χ1n) is 6.42. The van der Waals surface area contributed by atoms with Crippen molar-refractivity contribution in [2.24, 2.45) is 0 Å². The third-order valence-corrected chi connectivity index (χ3v) is 4.04. The standard InChI is InChI=1S/C15H21BrO2/c1-3-5-6-11-15-13(17)10-8-7-9-12(16)14(4-2)18-15/h1,5-8,12-15,17H,4,9-11H2,2H3/b6-5-,8-7-/t12-,13+,14-,15-/m0/s1. The third-order valence-electron chi connectivity index (χ3n) is 3.07. The van der Waals surface area contributed by atoms with E-state index >= 15 is 0 Å². The topological polar surface area (TPSA) is 29.5 Å². The van der Waals surface area contributed by atoms with Gasteiger partial charge in [0, 0.05) is 4.83 Å². The van der Waals surface area contributed by atoms with E-state index in [1.165, 1.54) is 0 Å². The first-order chi connectivity index (χ1) is 8.69. The van der Waals surface area contributed by atoms with Crippen LogP contribution in [-0.4, -0.2) is 28.2 Å². The van der Waals surface area contributed by atoms with Crippen molar-refractivity contribution in [3.05, 3.63) is 24.3 Å². The fraction of sp³-hybridized carbons (Fsp3) is 0.600. The molecule has 0 saturated carbocycles. The summed E-state index contributed by atoms with van der Waals surface area (Å²) in [6.45, 7) is 2.10. The number of terminal acetylenes is 1. The molecule has 1 aliphatic rings. The number of rotatable bonds is 3. The summed E-state index contributed by atoms with van der Waals surface area (Å²) in [5.41, 5.74) is 0. The molecule has 0 fully saturated rings. The molecule has 18 heavy (non-hydrogen) atoms. The van der Waals surface area contributed by atoms with Gasteiger partial charge in [0.25, 0.3) is 0 Å². The number of ether oxygens (including phenoxy) is 1. The average molecular weight is 313 g/mol. The van der Waals surface area contributed by atoms with Crippen LogP contribution in [0.3, 0.4) is 0 Å². The summed E-state index contributed by atoms with van der Waals surface area (Å²) in [7, 11) is 0. The van der Waals surface area contributed by atoms with Crippen molar-refractivity contribution in [2.75, 3.05) is 0 Å². The summed E-state index contributed by atoms with van der Waals surface area (Å²) < 4.78 is 6.03. The molecule has 4 atom stereocenters. The predicted octanol–water partition coefficient (Wildman–Crippen LogP) is 3.20. The van der Waals surface area contributed by atoms with Crippen LogP contribution < -0.4 is 0 Å². The molecule has 3 heteroatoms. The molecule has 0 aliphatic carbocycles. The molecule has 0 radical (unpaired) electrons. The molecule has 1 aliphatic heterocycles. The summed E-state index contributed by atoms with van der Waals surface area (Å²) in [5, 5.41) is 10.1. The van der Waals surface area contributed by atoms with Gasteiger partial charge in [-0.25, -0.2) is 0 Å². The number of aliphatic hydroxyl groups is 1. The minimum absolute atomic E-state index is 0.117. The second kappa shape index (κ2) is 8.53. The van der Waals surface area contributed by atoms with E-state index in [0.717, 1.165) is 12.8 Å². The van der Waals surface area contributed by atoms with Crippen molar-refractivity contribution >= 4 is 15.9 Å². The molecule has 2 nitrogen and oxygen atoms in total. The summed E-state index contributed by atoms with van der Waals surface area (Å²) in [6.07, 6.45) is 15.4. The average Bonchev–Trinajstić information content (AvgIpc) is 2.43. The highest BCUT2D eigenvalue weighted by Gasteiger charge is 2.26. The van der Waals surface area contributed by atoms with Crippen LogP contribution in [0.5, 0.6) is 0 Å². The lowest BCUT2D eigenvalue weighted by Crippen LogP contribution is -2.35. The molecule has 0 bridgehead atoms. The molecule has 0 amide bonds. The Bertz CT molecular complexity index is 330. The second-order valence-electron chi connectivity index (χ2n) is 4.45. The number of hydrogen-bond donors (Lipinski definition) is 1. The van der Waals surface area contributed by atoms with Gasteiger partial charge in [0.1, 0.15) is 0 Å². The summed E-state index contributed by atoms with van der Waals surface area (Å²) in [6, 6.07) is 0. The van der Waals surface area contributed by atoms with Crippen LogP contribution in [-0.2, 0) is 4.74 Å². The summed E-state index contributed by atoms with van der Waals surface area (Å²) in [4.78, 5) is 0.295. The molecule has 100 valence electrons. The van der Waals surface area contributed by atoms with E-state index in [0.29, 0.717) is 17.7 Å². The van der Waals surface area contributed by atoms with Crippen LogP contribution in [0.25, 0.3) is 0 Å². The number of aliphatic hydroxyl groups excluding tert-OH is 1. The lowest BCUT2D eigenvalue weighted by molar-refractivity contribution is -0.0732. The van der Waals surface area contributed by atoms with Gasteiger partial charge in [0.15, 0.2) is 0 Å². The van der Waals surface area contributed by atoms with Crippen molar-refractivity contribution in [3.63, 3.8) is 0 Å². The Morgan fingerprint density at radius 3 is 2.83 bits per heavy atom.